The summed E-state index contributed by atoms with van der Waals surface area (Å²) in [5.41, 5.74) is 3.59. The van der Waals surface area contributed by atoms with E-state index in [1.54, 1.807) is 0 Å². The summed E-state index contributed by atoms with van der Waals surface area (Å²) in [7, 11) is 2.11. The molecule has 0 unspecified atom stereocenters. The van der Waals surface area contributed by atoms with Gasteiger partial charge in [0.1, 0.15) is 5.82 Å². The van der Waals surface area contributed by atoms with Crippen LogP contribution in [0.5, 0.6) is 0 Å². The van der Waals surface area contributed by atoms with E-state index >= 15 is 0 Å². The van der Waals surface area contributed by atoms with E-state index in [9.17, 15) is 0 Å². The van der Waals surface area contributed by atoms with Crippen molar-refractivity contribution < 1.29 is 0 Å². The molecular weight excluding hydrogens is 244 g/mol. The zero-order valence-electron chi connectivity index (χ0n) is 10.5. The number of thiophene rings is 1. The first-order valence-electron chi connectivity index (χ1n) is 5.91. The highest BCUT2D eigenvalue weighted by atomic mass is 32.1. The topological polar surface area (TPSA) is 54.2 Å². The Morgan fingerprint density at radius 1 is 1.33 bits per heavy atom. The molecule has 0 bridgehead atoms. The molecule has 0 aliphatic rings. The van der Waals surface area contributed by atoms with E-state index < -0.39 is 0 Å². The number of hydrogen-bond donors (Lipinski definition) is 2. The Hall–Kier alpha value is -1.43. The zero-order valence-corrected chi connectivity index (χ0v) is 11.3. The van der Waals surface area contributed by atoms with Crippen LogP contribution in [0.25, 0.3) is 0 Å². The van der Waals surface area contributed by atoms with Crippen LogP contribution in [0, 0.1) is 0 Å². The molecule has 2 aromatic rings. The number of nitrogens with two attached hydrogens (primary N) is 1. The largest absolute Gasteiger partial charge is 0.308 e. The number of nitrogens with one attached hydrogen (secondary N) is 1. The van der Waals surface area contributed by atoms with Crippen molar-refractivity contribution >= 4 is 17.2 Å². The molecule has 2 aromatic heterocycles. The van der Waals surface area contributed by atoms with E-state index in [-0.39, 0.29) is 0 Å². The Morgan fingerprint density at radius 3 is 2.94 bits per heavy atom. The molecule has 0 aliphatic heterocycles. The maximum atomic E-state index is 5.35. The van der Waals surface area contributed by atoms with Crippen LogP contribution in [0.4, 0.5) is 5.82 Å². The highest BCUT2D eigenvalue weighted by Gasteiger charge is 2.03. The lowest BCUT2D eigenvalue weighted by atomic mass is 10.3. The van der Waals surface area contributed by atoms with Gasteiger partial charge < -0.3 is 10.3 Å². The van der Waals surface area contributed by atoms with Gasteiger partial charge in [-0.05, 0) is 37.0 Å². The summed E-state index contributed by atoms with van der Waals surface area (Å²) in [5, 5.41) is 2.12. The molecule has 0 amide bonds. The molecule has 5 heteroatoms. The summed E-state index contributed by atoms with van der Waals surface area (Å²) in [4.78, 5) is 8.09. The van der Waals surface area contributed by atoms with Crippen molar-refractivity contribution in [2.45, 2.75) is 13.0 Å². The lowest BCUT2D eigenvalue weighted by Gasteiger charge is -2.15. The van der Waals surface area contributed by atoms with Gasteiger partial charge in [-0.1, -0.05) is 12.1 Å². The molecule has 2 rings (SSSR count). The lowest BCUT2D eigenvalue weighted by Crippen LogP contribution is -2.21. The average Bonchev–Trinajstić information content (AvgIpc) is 2.90. The highest BCUT2D eigenvalue weighted by molar-refractivity contribution is 7.09. The second kappa shape index (κ2) is 6.49. The summed E-state index contributed by atoms with van der Waals surface area (Å²) in [6.45, 7) is 1.86. The first-order valence-corrected chi connectivity index (χ1v) is 6.79. The van der Waals surface area contributed by atoms with Gasteiger partial charge in [-0.2, -0.15) is 0 Å². The Balaban J connectivity index is 1.84. The third-order valence-corrected chi connectivity index (χ3v) is 3.64. The second-order valence-corrected chi connectivity index (χ2v) is 5.26. The predicted molar refractivity (Wildman–Crippen MR) is 76.4 cm³/mol. The number of hydrazine groups is 1. The second-order valence-electron chi connectivity index (χ2n) is 4.23. The van der Waals surface area contributed by atoms with Crippen LogP contribution in [0.2, 0.25) is 0 Å². The van der Waals surface area contributed by atoms with Crippen molar-refractivity contribution in [3.63, 3.8) is 0 Å². The van der Waals surface area contributed by atoms with Crippen molar-refractivity contribution in [1.29, 1.82) is 0 Å². The minimum absolute atomic E-state index is 0.708. The number of hydrogen-bond acceptors (Lipinski definition) is 5. The van der Waals surface area contributed by atoms with E-state index in [1.807, 2.05) is 29.5 Å². The van der Waals surface area contributed by atoms with Crippen molar-refractivity contribution in [3.8, 4) is 0 Å². The average molecular weight is 262 g/mol. The molecule has 0 fully saturated rings. The quantitative estimate of drug-likeness (QED) is 0.618. The molecule has 0 saturated carbocycles. The van der Waals surface area contributed by atoms with Gasteiger partial charge in [0.15, 0.2) is 0 Å². The van der Waals surface area contributed by atoms with Gasteiger partial charge in [-0.25, -0.2) is 10.8 Å². The number of nitrogens with zero attached hydrogens (tertiary/aromatic N) is 2. The molecule has 2 heterocycles. The number of pyridine rings is 1. The van der Waals surface area contributed by atoms with Crippen LogP contribution in [0.3, 0.4) is 0 Å². The molecule has 3 N–H and O–H groups in total. The van der Waals surface area contributed by atoms with Gasteiger partial charge >= 0.3 is 0 Å². The predicted octanol–water partition coefficient (Wildman–Crippen LogP) is 2.10. The molecule has 18 heavy (non-hydrogen) atoms. The summed E-state index contributed by atoms with van der Waals surface area (Å²) in [6, 6.07) is 10.1. The van der Waals surface area contributed by atoms with Gasteiger partial charge in [-0.3, -0.25) is 0 Å². The van der Waals surface area contributed by atoms with Gasteiger partial charge in [0.05, 0.1) is 5.69 Å². The fourth-order valence-corrected chi connectivity index (χ4v) is 2.46. The first-order chi connectivity index (χ1) is 8.78. The van der Waals surface area contributed by atoms with Crippen molar-refractivity contribution in [2.24, 2.45) is 5.84 Å². The Labute approximate surface area is 111 Å². The lowest BCUT2D eigenvalue weighted by molar-refractivity contribution is 0.328. The van der Waals surface area contributed by atoms with Crippen molar-refractivity contribution in [1.82, 2.24) is 9.88 Å². The Morgan fingerprint density at radius 2 is 2.22 bits per heavy atom. The molecular formula is C13H18N4S. The van der Waals surface area contributed by atoms with E-state index in [2.05, 4.69) is 39.9 Å². The smallest absolute Gasteiger partial charge is 0.140 e. The maximum Gasteiger partial charge on any atom is 0.140 e. The number of likely N-dealkylation sites (N-methyl/N-ethyl adjacent to an activating group) is 1. The Bertz CT molecular complexity index is 470. The minimum atomic E-state index is 0.708. The van der Waals surface area contributed by atoms with Crippen LogP contribution in [-0.4, -0.2) is 23.5 Å². The molecule has 0 aliphatic carbocycles. The third kappa shape index (κ3) is 3.80. The monoisotopic (exact) mass is 262 g/mol. The van der Waals surface area contributed by atoms with Gasteiger partial charge in [0.25, 0.3) is 0 Å². The Kier molecular flexibility index (Phi) is 4.69. The van der Waals surface area contributed by atoms with Gasteiger partial charge in [0.2, 0.25) is 0 Å². The van der Waals surface area contributed by atoms with E-state index in [0.717, 1.165) is 25.2 Å². The third-order valence-electron chi connectivity index (χ3n) is 2.71. The van der Waals surface area contributed by atoms with Gasteiger partial charge in [-0.15, -0.1) is 11.3 Å². The summed E-state index contributed by atoms with van der Waals surface area (Å²) >= 11 is 1.81. The summed E-state index contributed by atoms with van der Waals surface area (Å²) in [6.07, 6.45) is 1.09. The van der Waals surface area contributed by atoms with E-state index in [0.29, 0.717) is 5.82 Å². The molecule has 4 nitrogen and oxygen atoms in total. The summed E-state index contributed by atoms with van der Waals surface area (Å²) < 4.78 is 0. The first kappa shape index (κ1) is 13.0. The fraction of sp³-hybridized carbons (Fsp3) is 0.308. The number of rotatable bonds is 6. The standard InChI is InChI=1S/C13H18N4S/c1-17(8-7-12-5-3-9-18-12)10-11-4-2-6-13(15-11)16-14/h2-6,9H,7-8,10,14H2,1H3,(H,15,16). The molecule has 0 spiro atoms. The highest BCUT2D eigenvalue weighted by Crippen LogP contribution is 2.10. The number of nitrogen functional groups attached to an aromatic ring is 1. The van der Waals surface area contributed by atoms with Crippen LogP contribution >= 0.6 is 11.3 Å². The SMILES string of the molecule is CN(CCc1cccs1)Cc1cccc(NN)n1. The van der Waals surface area contributed by atoms with Crippen LogP contribution in [0.15, 0.2) is 35.7 Å². The van der Waals surface area contributed by atoms with Crippen LogP contribution in [-0.2, 0) is 13.0 Å². The van der Waals surface area contributed by atoms with E-state index in [4.69, 9.17) is 5.84 Å². The number of anilines is 1. The minimum Gasteiger partial charge on any atom is -0.308 e. The van der Waals surface area contributed by atoms with Gasteiger partial charge in [0, 0.05) is 18.0 Å². The maximum absolute atomic E-state index is 5.35. The van der Waals surface area contributed by atoms with Crippen LogP contribution < -0.4 is 11.3 Å². The molecule has 0 radical (unpaired) electrons. The van der Waals surface area contributed by atoms with Crippen LogP contribution in [0.1, 0.15) is 10.6 Å². The molecule has 0 saturated heterocycles. The normalized spacial score (nSPS) is 10.8. The molecule has 96 valence electrons. The molecule has 0 aromatic carbocycles. The van der Waals surface area contributed by atoms with Crippen molar-refractivity contribution in [3.05, 3.63) is 46.3 Å². The summed E-state index contributed by atoms with van der Waals surface area (Å²) in [5.74, 6) is 6.06. The van der Waals surface area contributed by atoms with E-state index in [1.165, 1.54) is 4.88 Å². The fourth-order valence-electron chi connectivity index (χ4n) is 1.76. The van der Waals surface area contributed by atoms with Crippen molar-refractivity contribution in [2.75, 3.05) is 19.0 Å². The molecule has 0 atom stereocenters. The number of aromatic nitrogens is 1. The zero-order chi connectivity index (χ0) is 12.8.